The largest absolute Gasteiger partial charge is 0.506 e. The molecule has 4 rings (SSSR count). The lowest BCUT2D eigenvalue weighted by atomic mass is 10.00. The zero-order valence-electron chi connectivity index (χ0n) is 14.1. The smallest absolute Gasteiger partial charge is 0.335 e. The molecule has 1 aliphatic rings. The molecule has 0 saturated carbocycles. The van der Waals surface area contributed by atoms with Crippen LogP contribution < -0.4 is 11.2 Å². The van der Waals surface area contributed by atoms with Crippen LogP contribution in [0.25, 0.3) is 5.69 Å². The van der Waals surface area contributed by atoms with Crippen molar-refractivity contribution in [3.63, 3.8) is 0 Å². The Hall–Kier alpha value is -2.66. The first-order valence-electron chi connectivity index (χ1n) is 8.01. The van der Waals surface area contributed by atoms with Crippen LogP contribution in [0.5, 0.6) is 11.6 Å². The Morgan fingerprint density at radius 2 is 1.93 bits per heavy atom. The monoisotopic (exact) mass is 479 g/mol. The molecular formula is C18H14IN3O5. The molecule has 27 heavy (non-hydrogen) atoms. The molecule has 2 aromatic heterocycles. The van der Waals surface area contributed by atoms with Gasteiger partial charge in [-0.15, -0.1) is 0 Å². The maximum Gasteiger partial charge on any atom is 0.335 e. The third-order valence-corrected chi connectivity index (χ3v) is 5.21. The second-order valence-electron chi connectivity index (χ2n) is 6.13. The maximum absolute atomic E-state index is 12.5. The molecule has 3 N–H and O–H groups in total. The first-order valence-corrected chi connectivity index (χ1v) is 9.09. The Kier molecular flexibility index (Phi) is 4.27. The van der Waals surface area contributed by atoms with Crippen molar-refractivity contribution in [1.29, 1.82) is 0 Å². The predicted octanol–water partition coefficient (Wildman–Crippen LogP) is 1.86. The van der Waals surface area contributed by atoms with Gasteiger partial charge in [0.15, 0.2) is 0 Å². The van der Waals surface area contributed by atoms with Crippen molar-refractivity contribution in [2.24, 2.45) is 0 Å². The van der Waals surface area contributed by atoms with Gasteiger partial charge in [0.05, 0.1) is 18.0 Å². The molecule has 0 spiro atoms. The van der Waals surface area contributed by atoms with Crippen molar-refractivity contribution in [2.45, 2.75) is 19.6 Å². The van der Waals surface area contributed by atoms with Crippen LogP contribution in [0.1, 0.15) is 28.5 Å². The Morgan fingerprint density at radius 1 is 1.22 bits per heavy atom. The van der Waals surface area contributed by atoms with Crippen molar-refractivity contribution >= 4 is 22.6 Å². The number of pyridine rings is 1. The summed E-state index contributed by atoms with van der Waals surface area (Å²) in [6.45, 7) is 1.75. The van der Waals surface area contributed by atoms with E-state index in [1.807, 2.05) is 0 Å². The minimum atomic E-state index is -1.01. The lowest BCUT2D eigenvalue weighted by Crippen LogP contribution is -2.32. The van der Waals surface area contributed by atoms with E-state index < -0.39 is 23.2 Å². The molecule has 0 saturated heterocycles. The molecule has 0 unspecified atom stereocenters. The third-order valence-electron chi connectivity index (χ3n) is 4.49. The topological polar surface area (TPSA) is 117 Å². The number of aromatic amines is 1. The quantitative estimate of drug-likeness (QED) is 0.484. The highest BCUT2D eigenvalue weighted by Gasteiger charge is 2.34. The SMILES string of the molecule is Cc1ncc2c(c1O)[C@@H](c1c(O)n(-c3ccc(I)cc3)c(=O)[nH]c1=O)OC2. The summed E-state index contributed by atoms with van der Waals surface area (Å²) in [5, 5.41) is 21.2. The van der Waals surface area contributed by atoms with E-state index in [4.69, 9.17) is 4.74 Å². The zero-order chi connectivity index (χ0) is 19.3. The fraction of sp³-hybridized carbons (Fsp3) is 0.167. The Morgan fingerprint density at radius 3 is 2.63 bits per heavy atom. The van der Waals surface area contributed by atoms with E-state index in [1.54, 1.807) is 37.4 Å². The summed E-state index contributed by atoms with van der Waals surface area (Å²) in [4.78, 5) is 31.1. The summed E-state index contributed by atoms with van der Waals surface area (Å²) >= 11 is 2.12. The van der Waals surface area contributed by atoms with E-state index in [2.05, 4.69) is 32.6 Å². The van der Waals surface area contributed by atoms with E-state index in [9.17, 15) is 19.8 Å². The zero-order valence-corrected chi connectivity index (χ0v) is 16.2. The standard InChI is InChI=1S/C18H14IN3O5/c1-8-14(23)12-9(6-20-8)7-27-15(12)13-16(24)21-18(26)22(17(13)25)11-4-2-10(19)3-5-11/h2-6,15,23,25H,7H2,1H3,(H,21,24,26)/t15-/m0/s1. The van der Waals surface area contributed by atoms with Gasteiger partial charge < -0.3 is 14.9 Å². The van der Waals surface area contributed by atoms with Crippen molar-refractivity contribution in [1.82, 2.24) is 14.5 Å². The number of hydrogen-bond acceptors (Lipinski definition) is 6. The summed E-state index contributed by atoms with van der Waals surface area (Å²) in [5.74, 6) is -0.627. The number of rotatable bonds is 2. The predicted molar refractivity (Wildman–Crippen MR) is 104 cm³/mol. The van der Waals surface area contributed by atoms with E-state index in [1.165, 1.54) is 0 Å². The lowest BCUT2D eigenvalue weighted by Gasteiger charge is -2.17. The van der Waals surface area contributed by atoms with Crippen molar-refractivity contribution < 1.29 is 14.9 Å². The van der Waals surface area contributed by atoms with Gasteiger partial charge in [-0.25, -0.2) is 9.36 Å². The molecular weight excluding hydrogens is 465 g/mol. The summed E-state index contributed by atoms with van der Waals surface area (Å²) in [5.41, 5.74) is 0.0782. The van der Waals surface area contributed by atoms with E-state index in [-0.39, 0.29) is 17.9 Å². The van der Waals surface area contributed by atoms with Gasteiger partial charge in [-0.3, -0.25) is 14.8 Å². The molecule has 1 atom stereocenters. The van der Waals surface area contributed by atoms with Crippen LogP contribution in [0.3, 0.4) is 0 Å². The number of nitrogens with one attached hydrogen (secondary N) is 1. The molecule has 1 aromatic carbocycles. The minimum Gasteiger partial charge on any atom is -0.506 e. The van der Waals surface area contributed by atoms with Crippen molar-refractivity contribution in [3.05, 3.63) is 77.3 Å². The molecule has 0 amide bonds. The van der Waals surface area contributed by atoms with Gasteiger partial charge >= 0.3 is 5.69 Å². The van der Waals surface area contributed by atoms with Gasteiger partial charge in [0.1, 0.15) is 17.4 Å². The first kappa shape index (κ1) is 17.7. The fourth-order valence-corrected chi connectivity index (χ4v) is 3.51. The molecule has 8 nitrogen and oxygen atoms in total. The molecule has 0 fully saturated rings. The molecule has 0 aliphatic carbocycles. The average molecular weight is 479 g/mol. The number of hydrogen-bond donors (Lipinski definition) is 3. The summed E-state index contributed by atoms with van der Waals surface area (Å²) < 4.78 is 7.61. The van der Waals surface area contributed by atoms with Crippen LogP contribution in [0.4, 0.5) is 0 Å². The van der Waals surface area contributed by atoms with Gasteiger partial charge in [0, 0.05) is 20.9 Å². The van der Waals surface area contributed by atoms with Crippen LogP contribution in [0.15, 0.2) is 40.1 Å². The van der Waals surface area contributed by atoms with Gasteiger partial charge in [0.25, 0.3) is 5.56 Å². The second kappa shape index (κ2) is 6.50. The minimum absolute atomic E-state index is 0.0965. The first-order chi connectivity index (χ1) is 12.9. The molecule has 0 radical (unpaired) electrons. The van der Waals surface area contributed by atoms with Crippen LogP contribution in [-0.4, -0.2) is 24.7 Å². The highest BCUT2D eigenvalue weighted by Crippen LogP contribution is 2.42. The second-order valence-corrected chi connectivity index (χ2v) is 7.38. The number of aromatic nitrogens is 3. The highest BCUT2D eigenvalue weighted by atomic mass is 127. The molecule has 3 aromatic rings. The number of ether oxygens (including phenoxy) is 1. The summed E-state index contributed by atoms with van der Waals surface area (Å²) in [6.07, 6.45) is 0.547. The van der Waals surface area contributed by atoms with Gasteiger partial charge in [-0.1, -0.05) is 0 Å². The molecule has 9 heteroatoms. The van der Waals surface area contributed by atoms with Gasteiger partial charge in [0.2, 0.25) is 5.88 Å². The van der Waals surface area contributed by atoms with Gasteiger partial charge in [-0.05, 0) is 53.8 Å². The van der Waals surface area contributed by atoms with E-state index >= 15 is 0 Å². The highest BCUT2D eigenvalue weighted by molar-refractivity contribution is 14.1. The summed E-state index contributed by atoms with van der Waals surface area (Å²) in [7, 11) is 0. The Bertz CT molecular complexity index is 1170. The number of H-pyrrole nitrogens is 1. The van der Waals surface area contributed by atoms with Crippen molar-refractivity contribution in [2.75, 3.05) is 0 Å². The van der Waals surface area contributed by atoms with Crippen molar-refractivity contribution in [3.8, 4) is 17.3 Å². The normalized spacial score (nSPS) is 15.7. The number of nitrogens with zero attached hydrogens (tertiary/aromatic N) is 2. The van der Waals surface area contributed by atoms with Crippen LogP contribution in [0.2, 0.25) is 0 Å². The molecule has 3 heterocycles. The number of aryl methyl sites for hydroxylation is 1. The third kappa shape index (κ3) is 2.82. The number of aromatic hydroxyl groups is 2. The molecule has 0 bridgehead atoms. The molecule has 138 valence electrons. The van der Waals surface area contributed by atoms with Crippen LogP contribution >= 0.6 is 22.6 Å². The number of fused-ring (bicyclic) bond motifs is 1. The van der Waals surface area contributed by atoms with E-state index in [0.717, 1.165) is 8.14 Å². The van der Waals surface area contributed by atoms with Crippen LogP contribution in [0, 0.1) is 10.5 Å². The Labute approximate surface area is 166 Å². The maximum atomic E-state index is 12.5. The number of benzene rings is 1. The average Bonchev–Trinajstić information content (AvgIpc) is 3.04. The van der Waals surface area contributed by atoms with Gasteiger partial charge in [-0.2, -0.15) is 0 Å². The fourth-order valence-electron chi connectivity index (χ4n) is 3.15. The number of halogens is 1. The summed E-state index contributed by atoms with van der Waals surface area (Å²) in [6, 6.07) is 6.85. The molecule has 1 aliphatic heterocycles. The van der Waals surface area contributed by atoms with Crippen LogP contribution in [-0.2, 0) is 11.3 Å². The van der Waals surface area contributed by atoms with E-state index in [0.29, 0.717) is 22.5 Å². The lowest BCUT2D eigenvalue weighted by molar-refractivity contribution is 0.0891. The Balaban J connectivity index is 1.96.